The van der Waals surface area contributed by atoms with E-state index in [2.05, 4.69) is 0 Å². The van der Waals surface area contributed by atoms with Gasteiger partial charge in [0.05, 0.1) is 12.2 Å². The van der Waals surface area contributed by atoms with E-state index < -0.39 is 11.9 Å². The largest absolute Gasteiger partial charge is 0.481 e. The lowest BCUT2D eigenvalue weighted by Crippen LogP contribution is -2.18. The molecule has 0 saturated heterocycles. The molecule has 0 aliphatic heterocycles. The molecule has 0 heterocycles. The Bertz CT molecular complexity index is 759. The molecule has 0 spiro atoms. The van der Waals surface area contributed by atoms with Crippen molar-refractivity contribution in [3.05, 3.63) is 59.2 Å². The standard InChI is InChI=1S/C21H24O5/c1-14(2)12-25-21(23)17-9-6-10-18(11-17)26-19(22)13-24-20-15(3)7-5-8-16(20)4/h5-11,14H,12-13H2,1-4H3. The van der Waals surface area contributed by atoms with Crippen molar-refractivity contribution in [3.8, 4) is 11.5 Å². The monoisotopic (exact) mass is 356 g/mol. The van der Waals surface area contributed by atoms with Gasteiger partial charge in [-0.3, -0.25) is 0 Å². The normalized spacial score (nSPS) is 10.5. The van der Waals surface area contributed by atoms with E-state index in [-0.39, 0.29) is 18.3 Å². The highest BCUT2D eigenvalue weighted by Crippen LogP contribution is 2.22. The van der Waals surface area contributed by atoms with Gasteiger partial charge in [0.1, 0.15) is 11.5 Å². The number of ether oxygens (including phenoxy) is 3. The molecule has 26 heavy (non-hydrogen) atoms. The Kier molecular flexibility index (Phi) is 6.78. The Balaban J connectivity index is 1.95. The highest BCUT2D eigenvalue weighted by Gasteiger charge is 2.12. The van der Waals surface area contributed by atoms with E-state index in [9.17, 15) is 9.59 Å². The highest BCUT2D eigenvalue weighted by atomic mass is 16.6. The number of carbonyl (C=O) groups is 2. The number of aryl methyl sites for hydroxylation is 2. The zero-order valence-corrected chi connectivity index (χ0v) is 15.6. The Morgan fingerprint density at radius 1 is 1.00 bits per heavy atom. The minimum absolute atomic E-state index is 0.215. The van der Waals surface area contributed by atoms with Gasteiger partial charge in [0.15, 0.2) is 6.61 Å². The zero-order chi connectivity index (χ0) is 19.1. The second kappa shape index (κ2) is 9.04. The molecule has 0 amide bonds. The van der Waals surface area contributed by atoms with Crippen molar-refractivity contribution in [2.75, 3.05) is 13.2 Å². The quantitative estimate of drug-likeness (QED) is 0.552. The summed E-state index contributed by atoms with van der Waals surface area (Å²) in [4.78, 5) is 24.0. The van der Waals surface area contributed by atoms with Crippen molar-refractivity contribution >= 4 is 11.9 Å². The Labute approximate surface area is 153 Å². The van der Waals surface area contributed by atoms with Crippen molar-refractivity contribution in [3.63, 3.8) is 0 Å². The molecule has 0 unspecified atom stereocenters. The van der Waals surface area contributed by atoms with Crippen LogP contribution < -0.4 is 9.47 Å². The highest BCUT2D eigenvalue weighted by molar-refractivity contribution is 5.90. The predicted molar refractivity (Wildman–Crippen MR) is 98.6 cm³/mol. The molecule has 2 aromatic carbocycles. The molecule has 5 nitrogen and oxygen atoms in total. The average Bonchev–Trinajstić information content (AvgIpc) is 2.59. The third-order valence-corrected chi connectivity index (χ3v) is 3.59. The van der Waals surface area contributed by atoms with Gasteiger partial charge in [0.2, 0.25) is 0 Å². The van der Waals surface area contributed by atoms with Gasteiger partial charge < -0.3 is 14.2 Å². The molecule has 138 valence electrons. The maximum absolute atomic E-state index is 12.0. The SMILES string of the molecule is Cc1cccc(C)c1OCC(=O)Oc1cccc(C(=O)OCC(C)C)c1. The lowest BCUT2D eigenvalue weighted by atomic mass is 10.1. The van der Waals surface area contributed by atoms with E-state index in [1.54, 1.807) is 18.2 Å². The van der Waals surface area contributed by atoms with Gasteiger partial charge in [-0.15, -0.1) is 0 Å². The van der Waals surface area contributed by atoms with Crippen LogP contribution in [0.5, 0.6) is 11.5 Å². The number of benzene rings is 2. The predicted octanol–water partition coefficient (Wildman–Crippen LogP) is 4.10. The summed E-state index contributed by atoms with van der Waals surface area (Å²) in [6.07, 6.45) is 0. The Morgan fingerprint density at radius 2 is 1.65 bits per heavy atom. The molecule has 0 N–H and O–H groups in total. The van der Waals surface area contributed by atoms with E-state index in [0.717, 1.165) is 11.1 Å². The fraction of sp³-hybridized carbons (Fsp3) is 0.333. The molecule has 0 atom stereocenters. The minimum Gasteiger partial charge on any atom is -0.481 e. The van der Waals surface area contributed by atoms with Crippen molar-refractivity contribution in [1.82, 2.24) is 0 Å². The molecule has 0 aromatic heterocycles. The summed E-state index contributed by atoms with van der Waals surface area (Å²) >= 11 is 0. The molecule has 2 rings (SSSR count). The lowest BCUT2D eigenvalue weighted by molar-refractivity contribution is -0.136. The first-order chi connectivity index (χ1) is 12.4. The molecule has 0 fully saturated rings. The summed E-state index contributed by atoms with van der Waals surface area (Å²) in [5.41, 5.74) is 2.24. The van der Waals surface area contributed by atoms with Crippen molar-refractivity contribution in [2.24, 2.45) is 5.92 Å². The topological polar surface area (TPSA) is 61.8 Å². The van der Waals surface area contributed by atoms with Crippen LogP contribution in [0.15, 0.2) is 42.5 Å². The molecular weight excluding hydrogens is 332 g/mol. The van der Waals surface area contributed by atoms with Crippen molar-refractivity contribution in [1.29, 1.82) is 0 Å². The number of para-hydroxylation sites is 1. The molecule has 0 aliphatic carbocycles. The van der Waals surface area contributed by atoms with Gasteiger partial charge in [-0.25, -0.2) is 9.59 Å². The van der Waals surface area contributed by atoms with E-state index in [1.165, 1.54) is 6.07 Å². The van der Waals surface area contributed by atoms with Crippen LogP contribution in [0.4, 0.5) is 0 Å². The fourth-order valence-corrected chi connectivity index (χ4v) is 2.33. The number of hydrogen-bond donors (Lipinski definition) is 0. The van der Waals surface area contributed by atoms with Crippen molar-refractivity contribution in [2.45, 2.75) is 27.7 Å². The van der Waals surface area contributed by atoms with Gasteiger partial charge in [-0.1, -0.05) is 38.1 Å². The molecule has 0 radical (unpaired) electrons. The number of carbonyl (C=O) groups excluding carboxylic acids is 2. The minimum atomic E-state index is -0.541. The Morgan fingerprint density at radius 3 is 2.31 bits per heavy atom. The number of rotatable bonds is 7. The maximum Gasteiger partial charge on any atom is 0.349 e. The van der Waals surface area contributed by atoms with E-state index >= 15 is 0 Å². The third-order valence-electron chi connectivity index (χ3n) is 3.59. The first-order valence-corrected chi connectivity index (χ1v) is 8.53. The fourth-order valence-electron chi connectivity index (χ4n) is 2.33. The van der Waals surface area contributed by atoms with Crippen LogP contribution in [-0.2, 0) is 9.53 Å². The first-order valence-electron chi connectivity index (χ1n) is 8.53. The molecule has 0 bridgehead atoms. The number of esters is 2. The summed E-state index contributed by atoms with van der Waals surface area (Å²) in [6, 6.07) is 12.1. The first kappa shape index (κ1) is 19.5. The van der Waals surface area contributed by atoms with E-state index in [1.807, 2.05) is 45.9 Å². The lowest BCUT2D eigenvalue weighted by Gasteiger charge is -2.12. The van der Waals surface area contributed by atoms with Gasteiger partial charge in [-0.2, -0.15) is 0 Å². The second-order valence-electron chi connectivity index (χ2n) is 6.50. The Hall–Kier alpha value is -2.82. The maximum atomic E-state index is 12.0. The summed E-state index contributed by atoms with van der Waals surface area (Å²) < 4.78 is 16.0. The summed E-state index contributed by atoms with van der Waals surface area (Å²) in [5, 5.41) is 0. The van der Waals surface area contributed by atoms with Crippen LogP contribution >= 0.6 is 0 Å². The van der Waals surface area contributed by atoms with E-state index in [0.29, 0.717) is 17.9 Å². The van der Waals surface area contributed by atoms with Crippen molar-refractivity contribution < 1.29 is 23.8 Å². The second-order valence-corrected chi connectivity index (χ2v) is 6.50. The van der Waals surface area contributed by atoms with Crippen LogP contribution in [0.1, 0.15) is 35.3 Å². The van der Waals surface area contributed by atoms with Crippen LogP contribution in [0.25, 0.3) is 0 Å². The van der Waals surface area contributed by atoms with Crippen LogP contribution in [0.2, 0.25) is 0 Å². The van der Waals surface area contributed by atoms with Gasteiger partial charge in [-0.05, 0) is 49.1 Å². The zero-order valence-electron chi connectivity index (χ0n) is 15.6. The van der Waals surface area contributed by atoms with Crippen LogP contribution in [0, 0.1) is 19.8 Å². The van der Waals surface area contributed by atoms with Gasteiger partial charge in [0.25, 0.3) is 0 Å². The molecule has 5 heteroatoms. The summed E-state index contributed by atoms with van der Waals surface area (Å²) in [7, 11) is 0. The van der Waals surface area contributed by atoms with Gasteiger partial charge >= 0.3 is 11.9 Å². The summed E-state index contributed by atoms with van der Waals surface area (Å²) in [5.74, 6) is 0.223. The smallest absolute Gasteiger partial charge is 0.349 e. The third kappa shape index (κ3) is 5.62. The number of hydrogen-bond acceptors (Lipinski definition) is 5. The molecule has 0 saturated carbocycles. The molecule has 0 aliphatic rings. The van der Waals surface area contributed by atoms with Crippen LogP contribution in [-0.4, -0.2) is 25.2 Å². The van der Waals surface area contributed by atoms with Crippen LogP contribution in [0.3, 0.4) is 0 Å². The van der Waals surface area contributed by atoms with Gasteiger partial charge in [0, 0.05) is 0 Å². The average molecular weight is 356 g/mol. The molecule has 2 aromatic rings. The molecular formula is C21H24O5. The van der Waals surface area contributed by atoms with E-state index in [4.69, 9.17) is 14.2 Å². The summed E-state index contributed by atoms with van der Waals surface area (Å²) in [6.45, 7) is 7.88.